The van der Waals surface area contributed by atoms with E-state index in [1.165, 1.54) is 12.3 Å². The van der Waals surface area contributed by atoms with Crippen molar-refractivity contribution < 1.29 is 5.11 Å². The Morgan fingerprint density at radius 3 is 2.90 bits per heavy atom. The lowest BCUT2D eigenvalue weighted by Gasteiger charge is -1.97. The van der Waals surface area contributed by atoms with Crippen LogP contribution < -0.4 is 0 Å². The Balaban J connectivity index is 3.27. The van der Waals surface area contributed by atoms with Crippen LogP contribution >= 0.6 is 11.6 Å². The Kier molecular flexibility index (Phi) is 1.92. The van der Waals surface area contributed by atoms with Crippen molar-refractivity contribution in [2.45, 2.75) is 0 Å². The number of rotatable bonds is 1. The lowest BCUT2D eigenvalue weighted by molar-refractivity contribution is 0.471. The van der Waals surface area contributed by atoms with E-state index in [9.17, 15) is 0 Å². The van der Waals surface area contributed by atoms with Gasteiger partial charge in [0.05, 0.1) is 0 Å². The summed E-state index contributed by atoms with van der Waals surface area (Å²) in [5, 5.41) is 9.24. The molecule has 1 N–H and O–H groups in total. The molecule has 0 aliphatic rings. The summed E-state index contributed by atoms with van der Waals surface area (Å²) in [6, 6.07) is 1.63. The molecule has 0 atom stereocenters. The fourth-order valence-electron chi connectivity index (χ4n) is 0.607. The Morgan fingerprint density at radius 2 is 2.40 bits per heavy atom. The topological polar surface area (TPSA) is 33.1 Å². The zero-order valence-corrected chi connectivity index (χ0v) is 5.97. The molecule has 0 fully saturated rings. The maximum Gasteiger partial charge on any atom is 0.171 e. The van der Waals surface area contributed by atoms with Gasteiger partial charge in [0.15, 0.2) is 10.9 Å². The van der Waals surface area contributed by atoms with Gasteiger partial charge in [0, 0.05) is 11.8 Å². The van der Waals surface area contributed by atoms with Crippen molar-refractivity contribution in [1.29, 1.82) is 0 Å². The van der Waals surface area contributed by atoms with Crippen molar-refractivity contribution in [2.24, 2.45) is 0 Å². The minimum Gasteiger partial charge on any atom is -0.504 e. The summed E-state index contributed by atoms with van der Waals surface area (Å²) in [5.41, 5.74) is 0.597. The number of aromatic nitrogens is 1. The molecular weight excluding hydrogens is 150 g/mol. The molecule has 0 radical (unpaired) electrons. The number of nitrogens with zero attached hydrogens (tertiary/aromatic N) is 1. The van der Waals surface area contributed by atoms with E-state index in [1.54, 1.807) is 6.07 Å². The minimum atomic E-state index is -0.0147. The summed E-state index contributed by atoms with van der Waals surface area (Å²) in [4.78, 5) is 3.65. The van der Waals surface area contributed by atoms with E-state index in [2.05, 4.69) is 11.6 Å². The van der Waals surface area contributed by atoms with Crippen molar-refractivity contribution in [3.8, 4) is 5.75 Å². The number of pyridine rings is 1. The van der Waals surface area contributed by atoms with E-state index in [0.717, 1.165) is 0 Å². The standard InChI is InChI=1S/C7H6ClNO/c1-2-5-3-4-9-7(8)6(5)10/h2-4,10H,1H2. The second-order valence-electron chi connectivity index (χ2n) is 1.74. The van der Waals surface area contributed by atoms with Crippen molar-refractivity contribution in [3.63, 3.8) is 0 Å². The zero-order chi connectivity index (χ0) is 7.56. The van der Waals surface area contributed by atoms with Crippen LogP contribution in [0.3, 0.4) is 0 Å². The smallest absolute Gasteiger partial charge is 0.171 e. The van der Waals surface area contributed by atoms with E-state index in [0.29, 0.717) is 5.56 Å². The maximum absolute atomic E-state index is 9.13. The molecule has 0 unspecified atom stereocenters. The van der Waals surface area contributed by atoms with Crippen molar-refractivity contribution in [3.05, 3.63) is 29.6 Å². The van der Waals surface area contributed by atoms with Gasteiger partial charge in [-0.25, -0.2) is 4.98 Å². The predicted octanol–water partition coefficient (Wildman–Crippen LogP) is 2.08. The highest BCUT2D eigenvalue weighted by molar-refractivity contribution is 6.31. The van der Waals surface area contributed by atoms with E-state index in [-0.39, 0.29) is 10.9 Å². The predicted molar refractivity (Wildman–Crippen MR) is 41.0 cm³/mol. The highest BCUT2D eigenvalue weighted by Crippen LogP contribution is 2.24. The zero-order valence-electron chi connectivity index (χ0n) is 5.21. The van der Waals surface area contributed by atoms with Crippen LogP contribution in [0.1, 0.15) is 5.56 Å². The number of hydrogen-bond donors (Lipinski definition) is 1. The third kappa shape index (κ3) is 1.11. The summed E-state index contributed by atoms with van der Waals surface area (Å²) in [6.45, 7) is 3.49. The molecule has 1 heterocycles. The molecule has 0 saturated heterocycles. The van der Waals surface area contributed by atoms with Gasteiger partial charge in [-0.05, 0) is 6.07 Å². The molecule has 0 bridgehead atoms. The fourth-order valence-corrected chi connectivity index (χ4v) is 0.772. The molecular formula is C7H6ClNO. The summed E-state index contributed by atoms with van der Waals surface area (Å²) < 4.78 is 0. The van der Waals surface area contributed by atoms with Crippen LogP contribution in [-0.2, 0) is 0 Å². The first-order chi connectivity index (χ1) is 4.75. The van der Waals surface area contributed by atoms with Crippen molar-refractivity contribution >= 4 is 17.7 Å². The molecule has 2 nitrogen and oxygen atoms in total. The van der Waals surface area contributed by atoms with E-state index in [1.807, 2.05) is 0 Å². The van der Waals surface area contributed by atoms with Crippen LogP contribution in [-0.4, -0.2) is 10.1 Å². The van der Waals surface area contributed by atoms with Crippen LogP contribution in [0.5, 0.6) is 5.75 Å². The normalized spacial score (nSPS) is 9.30. The maximum atomic E-state index is 9.13. The molecule has 1 aromatic rings. The molecule has 1 rings (SSSR count). The molecule has 0 amide bonds. The second-order valence-corrected chi connectivity index (χ2v) is 2.10. The third-order valence-electron chi connectivity index (χ3n) is 1.13. The average molecular weight is 156 g/mol. The van der Waals surface area contributed by atoms with Gasteiger partial charge in [-0.1, -0.05) is 24.3 Å². The van der Waals surface area contributed by atoms with E-state index < -0.39 is 0 Å². The first-order valence-electron chi connectivity index (χ1n) is 2.71. The number of aromatic hydroxyl groups is 1. The summed E-state index contributed by atoms with van der Waals surface area (Å²) in [6.07, 6.45) is 3.03. The summed E-state index contributed by atoms with van der Waals surface area (Å²) >= 11 is 5.48. The van der Waals surface area contributed by atoms with Gasteiger partial charge in [-0.15, -0.1) is 0 Å². The average Bonchev–Trinajstić information content (AvgIpc) is 1.95. The summed E-state index contributed by atoms with van der Waals surface area (Å²) in [7, 11) is 0. The minimum absolute atomic E-state index is 0.0147. The van der Waals surface area contributed by atoms with Crippen LogP contribution in [0, 0.1) is 0 Å². The van der Waals surface area contributed by atoms with Crippen molar-refractivity contribution in [1.82, 2.24) is 4.98 Å². The van der Waals surface area contributed by atoms with Crippen LogP contribution in [0.15, 0.2) is 18.8 Å². The fraction of sp³-hybridized carbons (Fsp3) is 0. The molecule has 1 aromatic heterocycles. The molecule has 10 heavy (non-hydrogen) atoms. The quantitative estimate of drug-likeness (QED) is 0.630. The lowest BCUT2D eigenvalue weighted by Crippen LogP contribution is -1.78. The molecule has 0 saturated carbocycles. The highest BCUT2D eigenvalue weighted by Gasteiger charge is 2.00. The SMILES string of the molecule is C=Cc1ccnc(Cl)c1O. The molecule has 0 spiro atoms. The van der Waals surface area contributed by atoms with Crippen LogP contribution in [0.2, 0.25) is 5.15 Å². The van der Waals surface area contributed by atoms with Gasteiger partial charge < -0.3 is 5.11 Å². The van der Waals surface area contributed by atoms with E-state index in [4.69, 9.17) is 16.7 Å². The van der Waals surface area contributed by atoms with Gasteiger partial charge in [0.2, 0.25) is 0 Å². The van der Waals surface area contributed by atoms with Gasteiger partial charge in [0.25, 0.3) is 0 Å². The molecule has 0 aliphatic carbocycles. The number of hydrogen-bond acceptors (Lipinski definition) is 2. The summed E-state index contributed by atoms with van der Waals surface area (Å²) in [5.74, 6) is -0.0147. The van der Waals surface area contributed by atoms with Gasteiger partial charge in [0.1, 0.15) is 0 Å². The molecule has 0 aromatic carbocycles. The van der Waals surface area contributed by atoms with Gasteiger partial charge in [-0.3, -0.25) is 0 Å². The third-order valence-corrected chi connectivity index (χ3v) is 1.41. The Hall–Kier alpha value is -1.02. The van der Waals surface area contributed by atoms with Crippen LogP contribution in [0.25, 0.3) is 6.08 Å². The monoisotopic (exact) mass is 155 g/mol. The van der Waals surface area contributed by atoms with Gasteiger partial charge in [-0.2, -0.15) is 0 Å². The van der Waals surface area contributed by atoms with Crippen molar-refractivity contribution in [2.75, 3.05) is 0 Å². The second kappa shape index (κ2) is 2.71. The Morgan fingerprint density at radius 1 is 1.70 bits per heavy atom. The first kappa shape index (κ1) is 7.09. The molecule has 52 valence electrons. The Bertz CT molecular complexity index is 260. The lowest BCUT2D eigenvalue weighted by atomic mass is 10.2. The number of halogens is 1. The van der Waals surface area contributed by atoms with Gasteiger partial charge >= 0.3 is 0 Å². The Labute approximate surface area is 63.8 Å². The molecule has 0 aliphatic heterocycles. The van der Waals surface area contributed by atoms with E-state index >= 15 is 0 Å². The highest BCUT2D eigenvalue weighted by atomic mass is 35.5. The molecule has 3 heteroatoms. The van der Waals surface area contributed by atoms with Crippen LogP contribution in [0.4, 0.5) is 0 Å². The first-order valence-corrected chi connectivity index (χ1v) is 3.09. The largest absolute Gasteiger partial charge is 0.504 e.